The smallest absolute Gasteiger partial charge is 0.0372 e. The number of nitrogen functional groups attached to an aromatic ring is 1. The van der Waals surface area contributed by atoms with E-state index in [0.29, 0.717) is 0 Å². The molecule has 0 unspecified atom stereocenters. The van der Waals surface area contributed by atoms with Gasteiger partial charge in [0, 0.05) is 17.9 Å². The summed E-state index contributed by atoms with van der Waals surface area (Å²) in [5.41, 5.74) is 12.0. The molecule has 92 valence electrons. The van der Waals surface area contributed by atoms with Crippen molar-refractivity contribution in [2.75, 3.05) is 17.6 Å². The molecular formula is C16H18N2. The lowest BCUT2D eigenvalue weighted by Gasteiger charge is -2.18. The van der Waals surface area contributed by atoms with Crippen LogP contribution in [0.4, 0.5) is 11.4 Å². The van der Waals surface area contributed by atoms with Crippen LogP contribution in [0.15, 0.2) is 42.5 Å². The maximum atomic E-state index is 5.81. The Morgan fingerprint density at radius 1 is 1.06 bits per heavy atom. The minimum Gasteiger partial charge on any atom is -0.399 e. The van der Waals surface area contributed by atoms with Crippen molar-refractivity contribution in [3.05, 3.63) is 59.2 Å². The van der Waals surface area contributed by atoms with Crippen molar-refractivity contribution in [2.45, 2.75) is 19.3 Å². The third kappa shape index (κ3) is 2.33. The van der Waals surface area contributed by atoms with Crippen LogP contribution < -0.4 is 11.1 Å². The van der Waals surface area contributed by atoms with Gasteiger partial charge in [0.05, 0.1) is 0 Å². The standard InChI is InChI=1S/C16H18N2/c17-15-5-1-3-12(11-15)9-13-6-7-16-14(10-13)4-2-8-18-16/h1,3,5-7,10-11,18H,2,4,8-9,17H2. The second-order valence-corrected chi connectivity index (χ2v) is 4.94. The van der Waals surface area contributed by atoms with Crippen LogP contribution >= 0.6 is 0 Å². The summed E-state index contributed by atoms with van der Waals surface area (Å²) in [6.45, 7) is 1.10. The second-order valence-electron chi connectivity index (χ2n) is 4.94. The maximum Gasteiger partial charge on any atom is 0.0372 e. The summed E-state index contributed by atoms with van der Waals surface area (Å²) >= 11 is 0. The summed E-state index contributed by atoms with van der Waals surface area (Å²) in [6, 6.07) is 14.9. The van der Waals surface area contributed by atoms with E-state index in [1.807, 2.05) is 12.1 Å². The summed E-state index contributed by atoms with van der Waals surface area (Å²) in [5, 5.41) is 3.44. The van der Waals surface area contributed by atoms with Crippen LogP contribution in [0.3, 0.4) is 0 Å². The van der Waals surface area contributed by atoms with Gasteiger partial charge in [0.25, 0.3) is 0 Å². The first-order valence-corrected chi connectivity index (χ1v) is 6.51. The zero-order chi connectivity index (χ0) is 12.4. The Morgan fingerprint density at radius 3 is 2.83 bits per heavy atom. The average molecular weight is 238 g/mol. The molecule has 1 aliphatic heterocycles. The van der Waals surface area contributed by atoms with E-state index in [4.69, 9.17) is 5.73 Å². The van der Waals surface area contributed by atoms with Crippen LogP contribution in [0.2, 0.25) is 0 Å². The third-order valence-corrected chi connectivity index (χ3v) is 3.47. The largest absolute Gasteiger partial charge is 0.399 e. The van der Waals surface area contributed by atoms with E-state index >= 15 is 0 Å². The summed E-state index contributed by atoms with van der Waals surface area (Å²) in [5.74, 6) is 0. The highest BCUT2D eigenvalue weighted by Gasteiger charge is 2.08. The van der Waals surface area contributed by atoms with E-state index in [0.717, 1.165) is 18.7 Å². The molecule has 1 heterocycles. The van der Waals surface area contributed by atoms with Gasteiger partial charge in [-0.05, 0) is 54.2 Å². The molecule has 0 aliphatic carbocycles. The van der Waals surface area contributed by atoms with Crippen molar-refractivity contribution >= 4 is 11.4 Å². The minimum absolute atomic E-state index is 0.840. The van der Waals surface area contributed by atoms with Gasteiger partial charge in [0.15, 0.2) is 0 Å². The lowest BCUT2D eigenvalue weighted by atomic mass is 9.97. The van der Waals surface area contributed by atoms with Crippen molar-refractivity contribution in [3.63, 3.8) is 0 Å². The molecule has 2 nitrogen and oxygen atoms in total. The number of rotatable bonds is 2. The van der Waals surface area contributed by atoms with Gasteiger partial charge >= 0.3 is 0 Å². The van der Waals surface area contributed by atoms with Crippen LogP contribution in [0.5, 0.6) is 0 Å². The van der Waals surface area contributed by atoms with Crippen molar-refractivity contribution < 1.29 is 0 Å². The Bertz CT molecular complexity index is 561. The highest BCUT2D eigenvalue weighted by molar-refractivity contribution is 5.55. The number of benzene rings is 2. The van der Waals surface area contributed by atoms with Crippen molar-refractivity contribution in [1.29, 1.82) is 0 Å². The van der Waals surface area contributed by atoms with E-state index in [1.165, 1.54) is 35.2 Å². The molecule has 2 aromatic carbocycles. The number of hydrogen-bond donors (Lipinski definition) is 2. The number of aryl methyl sites for hydroxylation is 1. The quantitative estimate of drug-likeness (QED) is 0.788. The molecule has 0 atom stereocenters. The topological polar surface area (TPSA) is 38.0 Å². The predicted octanol–water partition coefficient (Wildman–Crippen LogP) is 3.22. The molecule has 3 rings (SSSR count). The van der Waals surface area contributed by atoms with Crippen LogP contribution in [0.1, 0.15) is 23.1 Å². The van der Waals surface area contributed by atoms with E-state index < -0.39 is 0 Å². The third-order valence-electron chi connectivity index (χ3n) is 3.47. The van der Waals surface area contributed by atoms with Gasteiger partial charge in [-0.2, -0.15) is 0 Å². The fourth-order valence-corrected chi connectivity index (χ4v) is 2.58. The van der Waals surface area contributed by atoms with Crippen LogP contribution in [0, 0.1) is 0 Å². The van der Waals surface area contributed by atoms with Gasteiger partial charge in [-0.15, -0.1) is 0 Å². The lowest BCUT2D eigenvalue weighted by molar-refractivity contribution is 0.828. The molecule has 0 aromatic heterocycles. The second kappa shape index (κ2) is 4.73. The van der Waals surface area contributed by atoms with E-state index in [-0.39, 0.29) is 0 Å². The molecule has 3 N–H and O–H groups in total. The molecule has 18 heavy (non-hydrogen) atoms. The zero-order valence-electron chi connectivity index (χ0n) is 10.4. The van der Waals surface area contributed by atoms with Gasteiger partial charge < -0.3 is 11.1 Å². The molecule has 0 saturated carbocycles. The van der Waals surface area contributed by atoms with Crippen molar-refractivity contribution in [3.8, 4) is 0 Å². The molecule has 2 heteroatoms. The van der Waals surface area contributed by atoms with E-state index in [2.05, 4.69) is 35.6 Å². The minimum atomic E-state index is 0.840. The molecule has 1 aliphatic rings. The Balaban J connectivity index is 1.85. The molecule has 0 fully saturated rings. The van der Waals surface area contributed by atoms with Crippen LogP contribution in [-0.2, 0) is 12.8 Å². The fraction of sp³-hybridized carbons (Fsp3) is 0.250. The summed E-state index contributed by atoms with van der Waals surface area (Å²) < 4.78 is 0. The predicted molar refractivity (Wildman–Crippen MR) is 76.9 cm³/mol. The molecule has 0 saturated heterocycles. The maximum absolute atomic E-state index is 5.81. The number of hydrogen-bond acceptors (Lipinski definition) is 2. The van der Waals surface area contributed by atoms with Crippen molar-refractivity contribution in [2.24, 2.45) is 0 Å². The highest BCUT2D eigenvalue weighted by Crippen LogP contribution is 2.24. The number of fused-ring (bicyclic) bond motifs is 1. The Hall–Kier alpha value is -1.96. The molecule has 2 aromatic rings. The van der Waals surface area contributed by atoms with Crippen LogP contribution in [-0.4, -0.2) is 6.54 Å². The van der Waals surface area contributed by atoms with Gasteiger partial charge in [-0.1, -0.05) is 24.3 Å². The van der Waals surface area contributed by atoms with Crippen molar-refractivity contribution in [1.82, 2.24) is 0 Å². The monoisotopic (exact) mass is 238 g/mol. The van der Waals surface area contributed by atoms with Gasteiger partial charge in [0.2, 0.25) is 0 Å². The number of anilines is 2. The Morgan fingerprint density at radius 2 is 1.94 bits per heavy atom. The van der Waals surface area contributed by atoms with E-state index in [1.54, 1.807) is 0 Å². The Labute approximate surface area is 108 Å². The molecule has 0 radical (unpaired) electrons. The van der Waals surface area contributed by atoms with Crippen LogP contribution in [0.25, 0.3) is 0 Å². The van der Waals surface area contributed by atoms with Gasteiger partial charge in [-0.3, -0.25) is 0 Å². The Kier molecular flexibility index (Phi) is 2.93. The average Bonchev–Trinajstić information content (AvgIpc) is 2.39. The SMILES string of the molecule is Nc1cccc(Cc2ccc3c(c2)CCCN3)c1. The normalized spacial score (nSPS) is 13.8. The zero-order valence-corrected chi connectivity index (χ0v) is 10.4. The van der Waals surface area contributed by atoms with Gasteiger partial charge in [0.1, 0.15) is 0 Å². The summed E-state index contributed by atoms with van der Waals surface area (Å²) in [7, 11) is 0. The van der Waals surface area contributed by atoms with E-state index in [9.17, 15) is 0 Å². The molecule has 0 spiro atoms. The summed E-state index contributed by atoms with van der Waals surface area (Å²) in [4.78, 5) is 0. The molecule has 0 amide bonds. The number of nitrogens with two attached hydrogens (primary N) is 1. The lowest BCUT2D eigenvalue weighted by Crippen LogP contribution is -2.11. The van der Waals surface area contributed by atoms with Gasteiger partial charge in [-0.25, -0.2) is 0 Å². The fourth-order valence-electron chi connectivity index (χ4n) is 2.58. The molecular weight excluding hydrogens is 220 g/mol. The number of nitrogens with one attached hydrogen (secondary N) is 1. The first-order valence-electron chi connectivity index (χ1n) is 6.51. The summed E-state index contributed by atoms with van der Waals surface area (Å²) in [6.07, 6.45) is 3.38. The first-order chi connectivity index (χ1) is 8.81. The highest BCUT2D eigenvalue weighted by atomic mass is 14.9. The first kappa shape index (κ1) is 11.1. The molecule has 0 bridgehead atoms.